The van der Waals surface area contributed by atoms with E-state index in [2.05, 4.69) is 20.5 Å². The quantitative estimate of drug-likeness (QED) is 0.193. The molecule has 1 saturated heterocycles. The van der Waals surface area contributed by atoms with Crippen LogP contribution in [0, 0.1) is 5.92 Å². The normalized spacial score (nSPS) is 21.5. The fourth-order valence-electron chi connectivity index (χ4n) is 7.05. The molecule has 4 aromatic rings. The van der Waals surface area contributed by atoms with E-state index in [1.165, 1.54) is 0 Å². The Balaban J connectivity index is 1.15. The summed E-state index contributed by atoms with van der Waals surface area (Å²) in [7, 11) is 0. The molecular formula is C38H47N5O5. The number of nitrogens with one attached hydrogen (secondary N) is 2. The van der Waals surface area contributed by atoms with E-state index in [1.54, 1.807) is 12.4 Å². The lowest BCUT2D eigenvalue weighted by Gasteiger charge is -2.42. The summed E-state index contributed by atoms with van der Waals surface area (Å²) in [4.78, 5) is 36.0. The van der Waals surface area contributed by atoms with Gasteiger partial charge >= 0.3 is 0 Å². The zero-order valence-electron chi connectivity index (χ0n) is 28.0. The molecule has 10 heteroatoms. The number of fused-ring (bicyclic) bond motifs is 2. The molecule has 0 saturated carbocycles. The number of hydrogen-bond donors (Lipinski definition) is 4. The van der Waals surface area contributed by atoms with Crippen molar-refractivity contribution >= 4 is 22.8 Å². The third kappa shape index (κ3) is 8.30. The predicted octanol–water partition coefficient (Wildman–Crippen LogP) is 3.61. The summed E-state index contributed by atoms with van der Waals surface area (Å²) in [6.45, 7) is 8.41. The second-order valence-corrected chi connectivity index (χ2v) is 14.3. The standard InChI is InChI=1S/C38H47N5O5/c1-38(2,3)41-37(47)32-24-42(23-30-19-28-21-39-14-13-34(28)48-30)15-16-43(32)22-29(44)18-27(17-25-9-5-4-6-10-25)36(46)40-35-31-12-8-7-11-26(31)20-33(35)45/h4-14,19,21,27,29,32-33,35,44-45H,15-18,20,22-24H2,1-3H3,(H,40,46)(H,41,47)/t27-,29-,32-,33+,35-/m0/s1. The number of furan rings is 1. The van der Waals surface area contributed by atoms with Crippen LogP contribution in [0.15, 0.2) is 83.5 Å². The van der Waals surface area contributed by atoms with Crippen molar-refractivity contribution in [2.45, 2.75) is 76.4 Å². The van der Waals surface area contributed by atoms with Gasteiger partial charge in [-0.1, -0.05) is 54.6 Å². The van der Waals surface area contributed by atoms with Gasteiger partial charge in [-0.05, 0) is 62.4 Å². The molecule has 10 nitrogen and oxygen atoms in total. The minimum absolute atomic E-state index is 0.0966. The Morgan fingerprint density at radius 1 is 1.06 bits per heavy atom. The summed E-state index contributed by atoms with van der Waals surface area (Å²) in [6, 6.07) is 20.4. The van der Waals surface area contributed by atoms with Crippen LogP contribution in [0.5, 0.6) is 0 Å². The first-order chi connectivity index (χ1) is 23.0. The zero-order chi connectivity index (χ0) is 33.8. The number of piperazine rings is 1. The Kier molecular flexibility index (Phi) is 10.3. The molecule has 0 unspecified atom stereocenters. The molecule has 48 heavy (non-hydrogen) atoms. The van der Waals surface area contributed by atoms with Crippen molar-refractivity contribution < 1.29 is 24.2 Å². The zero-order valence-corrected chi connectivity index (χ0v) is 28.0. The minimum Gasteiger partial charge on any atom is -0.460 e. The highest BCUT2D eigenvalue weighted by atomic mass is 16.3. The average molecular weight is 654 g/mol. The van der Waals surface area contributed by atoms with Crippen LogP contribution in [0.3, 0.4) is 0 Å². The number of pyridine rings is 1. The monoisotopic (exact) mass is 653 g/mol. The molecule has 2 amide bonds. The summed E-state index contributed by atoms with van der Waals surface area (Å²) in [5.41, 5.74) is 3.32. The molecule has 2 aliphatic rings. The SMILES string of the molecule is CC(C)(C)NC(=O)[C@@H]1CN(Cc2cc3cnccc3o2)CCN1C[C@@H](O)C[C@H](Cc1ccccc1)C(=O)N[C@H]1c2ccccc2C[C@H]1O. The Labute approximate surface area is 282 Å². The highest BCUT2D eigenvalue weighted by Crippen LogP contribution is 2.32. The lowest BCUT2D eigenvalue weighted by molar-refractivity contribution is -0.132. The van der Waals surface area contributed by atoms with E-state index in [0.717, 1.165) is 33.4 Å². The third-order valence-electron chi connectivity index (χ3n) is 9.32. The minimum atomic E-state index is -0.857. The van der Waals surface area contributed by atoms with Gasteiger partial charge in [0.15, 0.2) is 0 Å². The van der Waals surface area contributed by atoms with Crippen LogP contribution in [0.1, 0.15) is 55.7 Å². The molecule has 1 fully saturated rings. The van der Waals surface area contributed by atoms with Crippen molar-refractivity contribution in [2.75, 3.05) is 26.2 Å². The van der Waals surface area contributed by atoms with Crippen LogP contribution in [0.25, 0.3) is 11.0 Å². The first-order valence-electron chi connectivity index (χ1n) is 16.9. The van der Waals surface area contributed by atoms with Gasteiger partial charge in [-0.3, -0.25) is 24.4 Å². The van der Waals surface area contributed by atoms with Gasteiger partial charge in [-0.2, -0.15) is 0 Å². The van der Waals surface area contributed by atoms with Gasteiger partial charge in [-0.25, -0.2) is 0 Å². The predicted molar refractivity (Wildman–Crippen MR) is 184 cm³/mol. The fraction of sp³-hybridized carbons (Fsp3) is 0.447. The number of nitrogens with zero attached hydrogens (tertiary/aromatic N) is 3. The topological polar surface area (TPSA) is 131 Å². The summed E-state index contributed by atoms with van der Waals surface area (Å²) in [5.74, 6) is -0.0217. The van der Waals surface area contributed by atoms with Crippen molar-refractivity contribution in [3.05, 3.63) is 102 Å². The van der Waals surface area contributed by atoms with Gasteiger partial charge in [-0.15, -0.1) is 0 Å². The van der Waals surface area contributed by atoms with Crippen molar-refractivity contribution in [1.29, 1.82) is 0 Å². The second kappa shape index (κ2) is 14.6. The number of carbonyl (C=O) groups excluding carboxylic acids is 2. The van der Waals surface area contributed by atoms with Crippen molar-refractivity contribution in [3.63, 3.8) is 0 Å². The molecule has 4 N–H and O–H groups in total. The molecule has 1 aliphatic carbocycles. The van der Waals surface area contributed by atoms with Gasteiger partial charge < -0.3 is 25.3 Å². The number of aliphatic hydroxyl groups is 2. The maximum atomic E-state index is 13.9. The van der Waals surface area contributed by atoms with Gasteiger partial charge in [0.25, 0.3) is 0 Å². The Hall–Kier alpha value is -4.09. The average Bonchev–Trinajstić information content (AvgIpc) is 3.60. The maximum absolute atomic E-state index is 13.9. The molecule has 5 atom stereocenters. The summed E-state index contributed by atoms with van der Waals surface area (Å²) in [6.07, 6.45) is 3.08. The van der Waals surface area contributed by atoms with Crippen LogP contribution in [-0.4, -0.2) is 86.8 Å². The number of aromatic nitrogens is 1. The number of rotatable bonds is 11. The number of carbonyl (C=O) groups is 2. The van der Waals surface area contributed by atoms with Crippen LogP contribution in [0.4, 0.5) is 0 Å². The van der Waals surface area contributed by atoms with Gasteiger partial charge in [0.05, 0.1) is 24.8 Å². The van der Waals surface area contributed by atoms with Crippen LogP contribution in [0.2, 0.25) is 0 Å². The first kappa shape index (κ1) is 33.8. The Morgan fingerprint density at radius 2 is 1.83 bits per heavy atom. The molecule has 0 radical (unpaired) electrons. The highest BCUT2D eigenvalue weighted by Gasteiger charge is 2.37. The van der Waals surface area contributed by atoms with Crippen molar-refractivity contribution in [3.8, 4) is 0 Å². The number of amides is 2. The summed E-state index contributed by atoms with van der Waals surface area (Å²) >= 11 is 0. The van der Waals surface area contributed by atoms with E-state index in [4.69, 9.17) is 4.42 Å². The fourth-order valence-corrected chi connectivity index (χ4v) is 7.05. The van der Waals surface area contributed by atoms with E-state index >= 15 is 0 Å². The van der Waals surface area contributed by atoms with Gasteiger partial charge in [0.1, 0.15) is 17.4 Å². The molecule has 2 aromatic heterocycles. The summed E-state index contributed by atoms with van der Waals surface area (Å²) in [5, 5.41) is 29.6. The van der Waals surface area contributed by atoms with E-state index in [1.807, 2.05) is 92.4 Å². The smallest absolute Gasteiger partial charge is 0.239 e. The van der Waals surface area contributed by atoms with Crippen LogP contribution in [-0.2, 0) is 29.0 Å². The van der Waals surface area contributed by atoms with Crippen LogP contribution >= 0.6 is 0 Å². The van der Waals surface area contributed by atoms with E-state index in [-0.39, 0.29) is 24.8 Å². The van der Waals surface area contributed by atoms with E-state index in [0.29, 0.717) is 39.0 Å². The number of benzene rings is 2. The van der Waals surface area contributed by atoms with Crippen molar-refractivity contribution in [2.24, 2.45) is 5.92 Å². The highest BCUT2D eigenvalue weighted by molar-refractivity contribution is 5.83. The molecule has 1 aliphatic heterocycles. The van der Waals surface area contributed by atoms with E-state index in [9.17, 15) is 19.8 Å². The second-order valence-electron chi connectivity index (χ2n) is 14.3. The van der Waals surface area contributed by atoms with Crippen molar-refractivity contribution in [1.82, 2.24) is 25.4 Å². The molecule has 2 aromatic carbocycles. The van der Waals surface area contributed by atoms with Crippen LogP contribution < -0.4 is 10.6 Å². The molecule has 3 heterocycles. The molecule has 6 rings (SSSR count). The summed E-state index contributed by atoms with van der Waals surface area (Å²) < 4.78 is 6.04. The third-order valence-corrected chi connectivity index (χ3v) is 9.32. The maximum Gasteiger partial charge on any atom is 0.239 e. The lowest BCUT2D eigenvalue weighted by Crippen LogP contribution is -2.61. The number of aliphatic hydroxyl groups excluding tert-OH is 2. The van der Waals surface area contributed by atoms with Gasteiger partial charge in [0, 0.05) is 61.8 Å². The largest absolute Gasteiger partial charge is 0.460 e. The molecule has 0 bridgehead atoms. The van der Waals surface area contributed by atoms with E-state index < -0.39 is 35.7 Å². The number of hydrogen-bond acceptors (Lipinski definition) is 8. The lowest BCUT2D eigenvalue weighted by atomic mass is 9.91. The Bertz CT molecular complexity index is 1670. The molecule has 0 spiro atoms. The molecule has 254 valence electrons. The molecular weight excluding hydrogens is 606 g/mol. The number of β-amino-alcohol motifs (C(OH)–C–C–N with tert-alkyl or cyclic N) is 1. The first-order valence-corrected chi connectivity index (χ1v) is 16.9. The Morgan fingerprint density at radius 3 is 2.60 bits per heavy atom. The van der Waals surface area contributed by atoms with Gasteiger partial charge in [0.2, 0.25) is 11.8 Å².